The van der Waals surface area contributed by atoms with E-state index in [1.165, 1.54) is 11.3 Å². The Balaban J connectivity index is 1.72. The van der Waals surface area contributed by atoms with Crippen molar-refractivity contribution in [1.29, 1.82) is 0 Å². The molecule has 2 heterocycles. The van der Waals surface area contributed by atoms with Gasteiger partial charge in [0.05, 0.1) is 5.69 Å². The predicted octanol–water partition coefficient (Wildman–Crippen LogP) is 2.63. The first kappa shape index (κ1) is 13.1. The van der Waals surface area contributed by atoms with Crippen LogP contribution >= 0.6 is 11.3 Å². The molecule has 0 aliphatic carbocycles. The van der Waals surface area contributed by atoms with E-state index in [0.29, 0.717) is 11.7 Å². The molecule has 0 spiro atoms. The maximum absolute atomic E-state index is 11.9. The van der Waals surface area contributed by atoms with Gasteiger partial charge in [0.15, 0.2) is 5.13 Å². The van der Waals surface area contributed by atoms with Crippen LogP contribution in [0.3, 0.4) is 0 Å². The molecule has 1 aliphatic rings. The van der Waals surface area contributed by atoms with Gasteiger partial charge in [-0.15, -0.1) is 11.3 Å². The fraction of sp³-hybridized carbons (Fsp3) is 0.286. The molecule has 0 radical (unpaired) electrons. The number of thiazole rings is 1. The number of amides is 1. The summed E-state index contributed by atoms with van der Waals surface area (Å²) in [5.41, 5.74) is 1.55. The fourth-order valence-corrected chi connectivity index (χ4v) is 2.82. The van der Waals surface area contributed by atoms with E-state index in [1.54, 1.807) is 18.2 Å². The lowest BCUT2D eigenvalue weighted by Crippen LogP contribution is -2.26. The minimum absolute atomic E-state index is 0.140. The predicted molar refractivity (Wildman–Crippen MR) is 76.8 cm³/mol. The third kappa shape index (κ3) is 2.81. The highest BCUT2D eigenvalue weighted by atomic mass is 32.1. The van der Waals surface area contributed by atoms with Gasteiger partial charge < -0.3 is 9.84 Å². The van der Waals surface area contributed by atoms with Gasteiger partial charge in [-0.1, -0.05) is 12.1 Å². The maximum Gasteiger partial charge on any atom is 0.255 e. The lowest BCUT2D eigenvalue weighted by atomic mass is 10.2. The van der Waals surface area contributed by atoms with Crippen LogP contribution in [0.5, 0.6) is 5.75 Å². The van der Waals surface area contributed by atoms with Gasteiger partial charge in [0.2, 0.25) is 0 Å². The summed E-state index contributed by atoms with van der Waals surface area (Å²) in [7, 11) is 0. The van der Waals surface area contributed by atoms with Crippen molar-refractivity contribution >= 4 is 22.4 Å². The number of nitrogens with zero attached hydrogens (tertiary/aromatic N) is 1. The monoisotopic (exact) mass is 290 g/mol. The van der Waals surface area contributed by atoms with Gasteiger partial charge in [-0.2, -0.15) is 0 Å². The van der Waals surface area contributed by atoms with Gasteiger partial charge in [0.25, 0.3) is 5.91 Å². The number of hydrogen-bond acceptors (Lipinski definition) is 5. The number of benzene rings is 1. The van der Waals surface area contributed by atoms with Gasteiger partial charge in [-0.25, -0.2) is 4.98 Å². The smallest absolute Gasteiger partial charge is 0.255 e. The standard InChI is InChI=1S/C14H14N2O3S/c17-10-4-1-3-9(7-10)11-8-20-14(15-11)16-13(18)12-5-2-6-19-12/h1,3-4,7-8,12,17H,2,5-6H2,(H,15,16,18)/t12-/m0/s1. The lowest BCUT2D eigenvalue weighted by Gasteiger charge is -2.07. The fourth-order valence-electron chi connectivity index (χ4n) is 2.10. The van der Waals surface area contributed by atoms with Crippen molar-refractivity contribution < 1.29 is 14.6 Å². The van der Waals surface area contributed by atoms with Gasteiger partial charge in [-0.05, 0) is 25.0 Å². The van der Waals surface area contributed by atoms with Crippen LogP contribution in [-0.4, -0.2) is 28.7 Å². The number of aromatic hydroxyl groups is 1. The summed E-state index contributed by atoms with van der Waals surface area (Å²) >= 11 is 1.36. The molecule has 5 nitrogen and oxygen atoms in total. The van der Waals surface area contributed by atoms with Gasteiger partial charge in [0, 0.05) is 17.6 Å². The number of aromatic nitrogens is 1. The average Bonchev–Trinajstić information content (AvgIpc) is 3.10. The Hall–Kier alpha value is -1.92. The molecule has 1 fully saturated rings. The first-order valence-corrected chi connectivity index (χ1v) is 7.28. The highest BCUT2D eigenvalue weighted by Crippen LogP contribution is 2.27. The van der Waals surface area contributed by atoms with E-state index in [2.05, 4.69) is 10.3 Å². The molecule has 1 amide bonds. The van der Waals surface area contributed by atoms with E-state index in [0.717, 1.165) is 24.1 Å². The average molecular weight is 290 g/mol. The van der Waals surface area contributed by atoms with Crippen molar-refractivity contribution in [3.8, 4) is 17.0 Å². The highest BCUT2D eigenvalue weighted by Gasteiger charge is 2.24. The Bertz CT molecular complexity index is 620. The normalized spacial score (nSPS) is 18.1. The van der Waals surface area contributed by atoms with Crippen molar-refractivity contribution in [2.45, 2.75) is 18.9 Å². The second-order valence-electron chi connectivity index (χ2n) is 4.58. The quantitative estimate of drug-likeness (QED) is 0.911. The van der Waals surface area contributed by atoms with Crippen LogP contribution in [0, 0.1) is 0 Å². The largest absolute Gasteiger partial charge is 0.508 e. The molecule has 2 aromatic rings. The van der Waals surface area contributed by atoms with E-state index in [4.69, 9.17) is 4.74 Å². The molecular weight excluding hydrogens is 276 g/mol. The molecule has 0 unspecified atom stereocenters. The molecule has 1 aromatic carbocycles. The van der Waals surface area contributed by atoms with Crippen LogP contribution < -0.4 is 5.32 Å². The minimum Gasteiger partial charge on any atom is -0.508 e. The Kier molecular flexibility index (Phi) is 3.66. The van der Waals surface area contributed by atoms with E-state index in [1.807, 2.05) is 11.4 Å². The zero-order valence-corrected chi connectivity index (χ0v) is 11.5. The van der Waals surface area contributed by atoms with Crippen molar-refractivity contribution in [2.75, 3.05) is 11.9 Å². The third-order valence-electron chi connectivity index (χ3n) is 3.10. The SMILES string of the molecule is O=C(Nc1nc(-c2cccc(O)c2)cs1)[C@@H]1CCCO1. The number of nitrogens with one attached hydrogen (secondary N) is 1. The van der Waals surface area contributed by atoms with Gasteiger partial charge in [-0.3, -0.25) is 10.1 Å². The number of ether oxygens (including phenoxy) is 1. The molecule has 1 aliphatic heterocycles. The number of carbonyl (C=O) groups excluding carboxylic acids is 1. The summed E-state index contributed by atoms with van der Waals surface area (Å²) < 4.78 is 5.33. The number of phenolic OH excluding ortho intramolecular Hbond substituents is 1. The highest BCUT2D eigenvalue weighted by molar-refractivity contribution is 7.14. The molecule has 2 N–H and O–H groups in total. The lowest BCUT2D eigenvalue weighted by molar-refractivity contribution is -0.124. The summed E-state index contributed by atoms with van der Waals surface area (Å²) in [5, 5.41) is 14.6. The van der Waals surface area contributed by atoms with Crippen molar-refractivity contribution in [3.63, 3.8) is 0 Å². The van der Waals surface area contributed by atoms with E-state index in [9.17, 15) is 9.90 Å². The molecule has 20 heavy (non-hydrogen) atoms. The van der Waals surface area contributed by atoms with Crippen LogP contribution in [0.15, 0.2) is 29.6 Å². The minimum atomic E-state index is -0.358. The van der Waals surface area contributed by atoms with Crippen LogP contribution in [0.25, 0.3) is 11.3 Å². The zero-order chi connectivity index (χ0) is 13.9. The van der Waals surface area contributed by atoms with Crippen molar-refractivity contribution in [3.05, 3.63) is 29.6 Å². The van der Waals surface area contributed by atoms with Crippen molar-refractivity contribution in [2.24, 2.45) is 0 Å². The van der Waals surface area contributed by atoms with Crippen molar-refractivity contribution in [1.82, 2.24) is 4.98 Å². The Labute approximate surface area is 120 Å². The summed E-state index contributed by atoms with van der Waals surface area (Å²) in [6, 6.07) is 6.87. The molecule has 104 valence electrons. The molecule has 0 bridgehead atoms. The Morgan fingerprint density at radius 2 is 2.40 bits per heavy atom. The molecule has 6 heteroatoms. The number of anilines is 1. The van der Waals surface area contributed by atoms with Gasteiger partial charge in [0.1, 0.15) is 11.9 Å². The molecule has 0 saturated carbocycles. The number of rotatable bonds is 3. The number of hydrogen-bond donors (Lipinski definition) is 2. The topological polar surface area (TPSA) is 71.5 Å². The van der Waals surface area contributed by atoms with Crippen LogP contribution in [0.1, 0.15) is 12.8 Å². The van der Waals surface area contributed by atoms with E-state index < -0.39 is 0 Å². The second-order valence-corrected chi connectivity index (χ2v) is 5.44. The van der Waals surface area contributed by atoms with Crippen LogP contribution in [0.4, 0.5) is 5.13 Å². The summed E-state index contributed by atoms with van der Waals surface area (Å²) in [6.07, 6.45) is 1.32. The second kappa shape index (κ2) is 5.60. The van der Waals surface area contributed by atoms with E-state index in [-0.39, 0.29) is 17.8 Å². The van der Waals surface area contributed by atoms with Crippen LogP contribution in [-0.2, 0) is 9.53 Å². The molecule has 1 aromatic heterocycles. The number of phenols is 1. The zero-order valence-electron chi connectivity index (χ0n) is 10.7. The number of carbonyl (C=O) groups is 1. The Morgan fingerprint density at radius 3 is 3.15 bits per heavy atom. The van der Waals surface area contributed by atoms with Gasteiger partial charge >= 0.3 is 0 Å². The molecule has 1 saturated heterocycles. The first-order chi connectivity index (χ1) is 9.72. The summed E-state index contributed by atoms with van der Waals surface area (Å²) in [4.78, 5) is 16.3. The Morgan fingerprint density at radius 1 is 1.50 bits per heavy atom. The summed E-state index contributed by atoms with van der Waals surface area (Å²) in [6.45, 7) is 0.643. The molecular formula is C14H14N2O3S. The summed E-state index contributed by atoms with van der Waals surface area (Å²) in [5.74, 6) is 0.0553. The molecule has 1 atom stereocenters. The van der Waals surface area contributed by atoms with Crippen LogP contribution in [0.2, 0.25) is 0 Å². The maximum atomic E-state index is 11.9. The van der Waals surface area contributed by atoms with E-state index >= 15 is 0 Å². The third-order valence-corrected chi connectivity index (χ3v) is 3.86. The first-order valence-electron chi connectivity index (χ1n) is 6.40. The molecule has 3 rings (SSSR count).